The molecule has 1 aliphatic rings. The molecule has 0 saturated carbocycles. The molecule has 0 radical (unpaired) electrons. The summed E-state index contributed by atoms with van der Waals surface area (Å²) in [4.78, 5) is 0. The maximum absolute atomic E-state index is 3.67. The number of hydrogen-bond acceptors (Lipinski definition) is 0. The summed E-state index contributed by atoms with van der Waals surface area (Å²) in [5.74, 6) is 0. The van der Waals surface area contributed by atoms with Crippen LogP contribution >= 0.6 is 0 Å². The molecule has 1 aliphatic heterocycles. The van der Waals surface area contributed by atoms with E-state index in [1.54, 1.807) is 0 Å². The Bertz CT molecular complexity index is 72.0. The average molecular weight is 84.1 g/mol. The molecule has 6 heavy (non-hydrogen) atoms. The summed E-state index contributed by atoms with van der Waals surface area (Å²) in [6, 6.07) is 0. The van der Waals surface area contributed by atoms with E-state index in [-0.39, 0.29) is 0 Å². The molecular formula is C5H10N+. The van der Waals surface area contributed by atoms with Crippen molar-refractivity contribution >= 4 is 0 Å². The Labute approximate surface area is 38.5 Å². The molecule has 0 aromatic rings. The van der Waals surface area contributed by atoms with Gasteiger partial charge in [0.15, 0.2) is 0 Å². The summed E-state index contributed by atoms with van der Waals surface area (Å²) >= 11 is 0. The van der Waals surface area contributed by atoms with Gasteiger partial charge >= 0.3 is 0 Å². The van der Waals surface area contributed by atoms with E-state index < -0.39 is 0 Å². The Morgan fingerprint density at radius 2 is 2.17 bits per heavy atom. The summed E-state index contributed by atoms with van der Waals surface area (Å²) in [5, 5.41) is 0. The van der Waals surface area contributed by atoms with Crippen LogP contribution in [0.3, 0.4) is 0 Å². The molecule has 1 rings (SSSR count). The van der Waals surface area contributed by atoms with E-state index in [2.05, 4.69) is 13.6 Å². The highest BCUT2D eigenvalue weighted by Crippen LogP contribution is 2.15. The molecular weight excluding hydrogens is 74.1 g/mol. The van der Waals surface area contributed by atoms with Gasteiger partial charge in [0.1, 0.15) is 13.1 Å². The van der Waals surface area contributed by atoms with Crippen molar-refractivity contribution < 1.29 is 4.48 Å². The van der Waals surface area contributed by atoms with Crippen LogP contribution in [-0.2, 0) is 0 Å². The van der Waals surface area contributed by atoms with Crippen LogP contribution in [0.5, 0.6) is 0 Å². The summed E-state index contributed by atoms with van der Waals surface area (Å²) in [6.45, 7) is 6.26. The van der Waals surface area contributed by atoms with Gasteiger partial charge in [-0.2, -0.15) is 0 Å². The van der Waals surface area contributed by atoms with Crippen LogP contribution in [0.1, 0.15) is 0 Å². The Hall–Kier alpha value is -0.300. The van der Waals surface area contributed by atoms with E-state index in [0.717, 1.165) is 4.48 Å². The van der Waals surface area contributed by atoms with E-state index in [1.165, 1.54) is 13.1 Å². The molecule has 0 atom stereocenters. The monoisotopic (exact) mass is 84.1 g/mol. The van der Waals surface area contributed by atoms with Crippen molar-refractivity contribution in [2.45, 2.75) is 0 Å². The van der Waals surface area contributed by atoms with Crippen molar-refractivity contribution in [2.24, 2.45) is 0 Å². The number of nitrogens with zero attached hydrogens (tertiary/aromatic N) is 1. The molecule has 0 bridgehead atoms. The molecule has 0 N–H and O–H groups in total. The number of quaternary nitrogens is 1. The third kappa shape index (κ3) is 0.455. The smallest absolute Gasteiger partial charge is 0.133 e. The van der Waals surface area contributed by atoms with Crippen LogP contribution in [0, 0.1) is 0 Å². The van der Waals surface area contributed by atoms with E-state index >= 15 is 0 Å². The lowest BCUT2D eigenvalue weighted by Crippen LogP contribution is -2.07. The summed E-state index contributed by atoms with van der Waals surface area (Å²) in [7, 11) is 2.17. The minimum atomic E-state index is 1.08. The highest BCUT2D eigenvalue weighted by atomic mass is 15.4. The Kier molecular flexibility index (Phi) is 0.549. The topological polar surface area (TPSA) is 0 Å². The fourth-order valence-electron chi connectivity index (χ4n) is 0.340. The van der Waals surface area contributed by atoms with Crippen LogP contribution in [0.4, 0.5) is 0 Å². The van der Waals surface area contributed by atoms with E-state index in [9.17, 15) is 0 Å². The first-order chi connectivity index (χ1) is 2.77. The Morgan fingerprint density at radius 1 is 1.67 bits per heavy atom. The first kappa shape index (κ1) is 3.88. The fourth-order valence-corrected chi connectivity index (χ4v) is 0.340. The number of likely N-dealkylation sites (N-methyl/N-ethyl adjacent to an activating group) is 1. The first-order valence-corrected chi connectivity index (χ1v) is 2.25. The molecule has 1 heterocycles. The van der Waals surface area contributed by atoms with Gasteiger partial charge in [0.25, 0.3) is 0 Å². The third-order valence-electron chi connectivity index (χ3n) is 1.37. The van der Waals surface area contributed by atoms with Crippen LogP contribution in [-0.4, -0.2) is 24.6 Å². The van der Waals surface area contributed by atoms with Crippen molar-refractivity contribution in [3.63, 3.8) is 0 Å². The largest absolute Gasteiger partial charge is 0.291 e. The molecule has 0 aliphatic carbocycles. The number of rotatable bonds is 1. The number of hydrogen-bond donors (Lipinski definition) is 0. The maximum Gasteiger partial charge on any atom is 0.133 e. The second-order valence-corrected chi connectivity index (χ2v) is 2.11. The molecule has 0 aromatic heterocycles. The van der Waals surface area contributed by atoms with E-state index in [0.29, 0.717) is 0 Å². The SMILES string of the molecule is C=C[N+]1(C)CC1. The Morgan fingerprint density at radius 3 is 2.17 bits per heavy atom. The average Bonchev–Trinajstić information content (AvgIpc) is 2.22. The van der Waals surface area contributed by atoms with Gasteiger partial charge in [0.2, 0.25) is 0 Å². The Balaban J connectivity index is 2.47. The van der Waals surface area contributed by atoms with Gasteiger partial charge in [-0.1, -0.05) is 0 Å². The van der Waals surface area contributed by atoms with Crippen molar-refractivity contribution in [2.75, 3.05) is 20.1 Å². The van der Waals surface area contributed by atoms with Gasteiger partial charge in [0, 0.05) is 0 Å². The van der Waals surface area contributed by atoms with Crippen LogP contribution < -0.4 is 0 Å². The normalized spacial score (nSPS) is 26.2. The maximum atomic E-state index is 3.67. The molecule has 0 aromatic carbocycles. The zero-order chi connectivity index (χ0) is 4.62. The zero-order valence-corrected chi connectivity index (χ0v) is 4.15. The van der Waals surface area contributed by atoms with Gasteiger partial charge in [-0.25, -0.2) is 0 Å². The second kappa shape index (κ2) is 0.850. The molecule has 1 saturated heterocycles. The van der Waals surface area contributed by atoms with Gasteiger partial charge in [-0.05, 0) is 6.58 Å². The van der Waals surface area contributed by atoms with Crippen LogP contribution in [0.25, 0.3) is 0 Å². The van der Waals surface area contributed by atoms with Gasteiger partial charge in [-0.3, -0.25) is 4.48 Å². The van der Waals surface area contributed by atoms with Gasteiger partial charge in [0.05, 0.1) is 13.2 Å². The zero-order valence-electron chi connectivity index (χ0n) is 4.15. The lowest BCUT2D eigenvalue weighted by Gasteiger charge is -1.98. The predicted molar refractivity (Wildman–Crippen MR) is 26.1 cm³/mol. The van der Waals surface area contributed by atoms with E-state index in [4.69, 9.17) is 0 Å². The lowest BCUT2D eigenvalue weighted by molar-refractivity contribution is -0.718. The van der Waals surface area contributed by atoms with Gasteiger partial charge < -0.3 is 0 Å². The van der Waals surface area contributed by atoms with Crippen molar-refractivity contribution in [1.82, 2.24) is 0 Å². The summed E-state index contributed by atoms with van der Waals surface area (Å²) in [5.41, 5.74) is 0. The molecule has 0 amide bonds. The van der Waals surface area contributed by atoms with Crippen molar-refractivity contribution in [3.8, 4) is 0 Å². The molecule has 1 nitrogen and oxygen atoms in total. The molecule has 1 heteroatoms. The summed E-state index contributed by atoms with van der Waals surface area (Å²) < 4.78 is 1.08. The van der Waals surface area contributed by atoms with Gasteiger partial charge in [-0.15, -0.1) is 0 Å². The molecule has 0 unspecified atom stereocenters. The predicted octanol–water partition coefficient (Wildman–Crippen LogP) is 0.590. The highest BCUT2D eigenvalue weighted by Gasteiger charge is 2.33. The van der Waals surface area contributed by atoms with Crippen molar-refractivity contribution in [3.05, 3.63) is 12.8 Å². The quantitative estimate of drug-likeness (QED) is 0.322. The first-order valence-electron chi connectivity index (χ1n) is 2.25. The fraction of sp³-hybridized carbons (Fsp3) is 0.600. The standard InChI is InChI=1S/C5H10N/c1-3-6(2)4-5-6/h3H,1,4-5H2,2H3/q+1. The minimum Gasteiger partial charge on any atom is -0.291 e. The summed E-state index contributed by atoms with van der Waals surface area (Å²) in [6.07, 6.45) is 1.99. The second-order valence-electron chi connectivity index (χ2n) is 2.11. The molecule has 1 fully saturated rings. The van der Waals surface area contributed by atoms with E-state index in [1.807, 2.05) is 6.20 Å². The third-order valence-corrected chi connectivity index (χ3v) is 1.37. The van der Waals surface area contributed by atoms with Crippen LogP contribution in [0.2, 0.25) is 0 Å². The van der Waals surface area contributed by atoms with Crippen molar-refractivity contribution in [1.29, 1.82) is 0 Å². The molecule has 0 spiro atoms. The highest BCUT2D eigenvalue weighted by molar-refractivity contribution is 4.62. The molecule has 34 valence electrons. The minimum absolute atomic E-state index is 1.08. The lowest BCUT2D eigenvalue weighted by atomic mass is 10.9. The van der Waals surface area contributed by atoms with Crippen LogP contribution in [0.15, 0.2) is 12.8 Å².